The summed E-state index contributed by atoms with van der Waals surface area (Å²) in [5.41, 5.74) is 0.602. The average Bonchev–Trinajstić information content (AvgIpc) is 3.07. The summed E-state index contributed by atoms with van der Waals surface area (Å²) in [6.45, 7) is 1.25. The van der Waals surface area contributed by atoms with Gasteiger partial charge in [-0.3, -0.25) is 4.79 Å². The second kappa shape index (κ2) is 5.21. The molecule has 1 aliphatic rings. The van der Waals surface area contributed by atoms with Gasteiger partial charge in [0.2, 0.25) is 0 Å². The van der Waals surface area contributed by atoms with Crippen LogP contribution in [0.4, 0.5) is 5.69 Å². The van der Waals surface area contributed by atoms with E-state index in [2.05, 4.69) is 26.3 Å². The Labute approximate surface area is 118 Å². The molecule has 1 fully saturated rings. The molecule has 0 unspecified atom stereocenters. The summed E-state index contributed by atoms with van der Waals surface area (Å²) in [6, 6.07) is 3.71. The monoisotopic (exact) mass is 323 g/mol. The Bertz CT molecular complexity index is 617. The minimum absolute atomic E-state index is 0.0867. The van der Waals surface area contributed by atoms with Crippen LogP contribution in [0.1, 0.15) is 18.6 Å². The van der Waals surface area contributed by atoms with Crippen molar-refractivity contribution in [2.24, 2.45) is 5.92 Å². The topological polar surface area (TPSA) is 60.1 Å². The number of furan rings is 1. The third-order valence-electron chi connectivity index (χ3n) is 3.15. The van der Waals surface area contributed by atoms with Crippen molar-refractivity contribution in [3.63, 3.8) is 0 Å². The van der Waals surface area contributed by atoms with Gasteiger partial charge in [0.05, 0.1) is 24.7 Å². The van der Waals surface area contributed by atoms with Crippen molar-refractivity contribution in [1.82, 2.24) is 9.78 Å². The van der Waals surface area contributed by atoms with Crippen LogP contribution >= 0.6 is 15.9 Å². The van der Waals surface area contributed by atoms with Crippen LogP contribution in [0.15, 0.2) is 38.3 Å². The van der Waals surface area contributed by atoms with E-state index in [4.69, 9.17) is 4.42 Å². The maximum Gasteiger partial charge on any atom is 0.283 e. The number of anilines is 1. The van der Waals surface area contributed by atoms with Crippen molar-refractivity contribution in [2.75, 3.05) is 5.32 Å². The van der Waals surface area contributed by atoms with Crippen LogP contribution in [0.5, 0.6) is 0 Å². The highest BCUT2D eigenvalue weighted by molar-refractivity contribution is 9.10. The smallest absolute Gasteiger partial charge is 0.283 e. The van der Waals surface area contributed by atoms with Crippen LogP contribution in [-0.2, 0) is 13.1 Å². The lowest BCUT2D eigenvalue weighted by Gasteiger charge is -2.09. The molecule has 3 rings (SSSR count). The van der Waals surface area contributed by atoms with Gasteiger partial charge in [0, 0.05) is 6.54 Å². The van der Waals surface area contributed by atoms with Gasteiger partial charge < -0.3 is 9.73 Å². The highest BCUT2D eigenvalue weighted by Gasteiger charge is 2.23. The van der Waals surface area contributed by atoms with Crippen LogP contribution < -0.4 is 10.9 Å². The fraction of sp³-hybridized carbons (Fsp3) is 0.385. The lowest BCUT2D eigenvalue weighted by molar-refractivity contribution is 0.516. The van der Waals surface area contributed by atoms with Crippen LogP contribution in [0, 0.1) is 5.92 Å². The molecule has 5 nitrogen and oxygen atoms in total. The molecular weight excluding hydrogens is 310 g/mol. The predicted molar refractivity (Wildman–Crippen MR) is 75.0 cm³/mol. The Balaban J connectivity index is 1.74. The van der Waals surface area contributed by atoms with Gasteiger partial charge in [-0.2, -0.15) is 5.10 Å². The van der Waals surface area contributed by atoms with Gasteiger partial charge in [0.1, 0.15) is 10.2 Å². The third kappa shape index (κ3) is 2.89. The molecule has 6 heteroatoms. The Morgan fingerprint density at radius 3 is 3.05 bits per heavy atom. The molecule has 1 saturated carbocycles. The maximum absolute atomic E-state index is 12.1. The van der Waals surface area contributed by atoms with E-state index >= 15 is 0 Å². The van der Waals surface area contributed by atoms with Gasteiger partial charge in [-0.05, 0) is 46.8 Å². The highest BCUT2D eigenvalue weighted by atomic mass is 79.9. The number of nitrogens with zero attached hydrogens (tertiary/aromatic N) is 2. The zero-order valence-corrected chi connectivity index (χ0v) is 11.9. The summed E-state index contributed by atoms with van der Waals surface area (Å²) in [4.78, 5) is 12.1. The number of hydrogen-bond acceptors (Lipinski definition) is 4. The molecule has 0 bridgehead atoms. The number of aromatic nitrogens is 2. The Morgan fingerprint density at radius 2 is 2.37 bits per heavy atom. The molecule has 0 saturated heterocycles. The molecule has 19 heavy (non-hydrogen) atoms. The fourth-order valence-corrected chi connectivity index (χ4v) is 2.31. The summed E-state index contributed by atoms with van der Waals surface area (Å²) in [7, 11) is 0. The van der Waals surface area contributed by atoms with Crippen LogP contribution in [0.2, 0.25) is 0 Å². The molecule has 0 spiro atoms. The normalized spacial score (nSPS) is 14.6. The minimum Gasteiger partial charge on any atom is -0.467 e. The zero-order valence-electron chi connectivity index (χ0n) is 10.3. The summed E-state index contributed by atoms with van der Waals surface area (Å²) in [5, 5.41) is 7.34. The number of halogens is 1. The van der Waals surface area contributed by atoms with Crippen molar-refractivity contribution in [3.05, 3.63) is 45.2 Å². The van der Waals surface area contributed by atoms with E-state index in [9.17, 15) is 4.79 Å². The van der Waals surface area contributed by atoms with Gasteiger partial charge >= 0.3 is 0 Å². The van der Waals surface area contributed by atoms with E-state index in [0.29, 0.717) is 22.6 Å². The van der Waals surface area contributed by atoms with Gasteiger partial charge in [-0.1, -0.05) is 0 Å². The van der Waals surface area contributed by atoms with Crippen LogP contribution in [0.25, 0.3) is 0 Å². The van der Waals surface area contributed by atoms with Crippen LogP contribution in [0.3, 0.4) is 0 Å². The SMILES string of the molecule is O=c1c(Br)c(NCc2ccco2)cnn1CC1CC1. The first kappa shape index (κ1) is 12.5. The first-order valence-corrected chi connectivity index (χ1v) is 7.05. The van der Waals surface area contributed by atoms with E-state index < -0.39 is 0 Å². The van der Waals surface area contributed by atoms with E-state index in [0.717, 1.165) is 12.3 Å². The second-order valence-electron chi connectivity index (χ2n) is 4.74. The third-order valence-corrected chi connectivity index (χ3v) is 3.91. The summed E-state index contributed by atoms with van der Waals surface area (Å²) in [5.74, 6) is 1.44. The van der Waals surface area contributed by atoms with E-state index in [1.54, 1.807) is 12.5 Å². The van der Waals surface area contributed by atoms with Gasteiger partial charge in [-0.25, -0.2) is 4.68 Å². The molecule has 0 atom stereocenters. The molecule has 0 radical (unpaired) electrons. The molecule has 1 aliphatic carbocycles. The van der Waals surface area contributed by atoms with Gasteiger partial charge in [0.15, 0.2) is 0 Å². The van der Waals surface area contributed by atoms with E-state index in [1.807, 2.05) is 12.1 Å². The largest absolute Gasteiger partial charge is 0.467 e. The van der Waals surface area contributed by atoms with Gasteiger partial charge in [0.25, 0.3) is 5.56 Å². The quantitative estimate of drug-likeness (QED) is 0.918. The van der Waals surface area contributed by atoms with Crippen LogP contribution in [-0.4, -0.2) is 9.78 Å². The Kier molecular flexibility index (Phi) is 3.42. The summed E-state index contributed by atoms with van der Waals surface area (Å²) < 4.78 is 7.28. The predicted octanol–water partition coefficient (Wildman–Crippen LogP) is 2.62. The summed E-state index contributed by atoms with van der Waals surface area (Å²) in [6.07, 6.45) is 5.70. The van der Waals surface area contributed by atoms with Crippen molar-refractivity contribution in [3.8, 4) is 0 Å². The molecule has 0 aromatic carbocycles. The molecular formula is C13H14BrN3O2. The number of hydrogen-bond donors (Lipinski definition) is 1. The first-order chi connectivity index (χ1) is 9.24. The van der Waals surface area contributed by atoms with Gasteiger partial charge in [-0.15, -0.1) is 0 Å². The molecule has 100 valence electrons. The zero-order chi connectivity index (χ0) is 13.2. The minimum atomic E-state index is -0.0867. The molecule has 0 aliphatic heterocycles. The molecule has 0 amide bonds. The lowest BCUT2D eigenvalue weighted by atomic mass is 10.4. The molecule has 2 aromatic heterocycles. The molecule has 2 heterocycles. The van der Waals surface area contributed by atoms with Crippen molar-refractivity contribution in [1.29, 1.82) is 0 Å². The molecule has 2 aromatic rings. The fourth-order valence-electron chi connectivity index (χ4n) is 1.86. The van der Waals surface area contributed by atoms with Crippen molar-refractivity contribution in [2.45, 2.75) is 25.9 Å². The lowest BCUT2D eigenvalue weighted by Crippen LogP contribution is -2.25. The number of rotatable bonds is 5. The molecule has 1 N–H and O–H groups in total. The maximum atomic E-state index is 12.1. The van der Waals surface area contributed by atoms with E-state index in [1.165, 1.54) is 17.5 Å². The average molecular weight is 324 g/mol. The van der Waals surface area contributed by atoms with E-state index in [-0.39, 0.29) is 5.56 Å². The number of nitrogens with one attached hydrogen (secondary N) is 1. The standard InChI is InChI=1S/C13H14BrN3O2/c14-12-11(15-6-10-2-1-5-19-10)7-16-17(13(12)18)8-9-3-4-9/h1-2,5,7,9,15H,3-4,6,8H2. The highest BCUT2D eigenvalue weighted by Crippen LogP contribution is 2.30. The second-order valence-corrected chi connectivity index (χ2v) is 5.53. The van der Waals surface area contributed by atoms with Crippen molar-refractivity contribution < 1.29 is 4.42 Å². The first-order valence-electron chi connectivity index (χ1n) is 6.26. The summed E-state index contributed by atoms with van der Waals surface area (Å²) >= 11 is 3.34. The Hall–Kier alpha value is -1.56. The Morgan fingerprint density at radius 1 is 1.53 bits per heavy atom. The van der Waals surface area contributed by atoms with Crippen molar-refractivity contribution >= 4 is 21.6 Å².